The zero-order valence-electron chi connectivity index (χ0n) is 11.9. The number of ether oxygens (including phenoxy) is 2. The molecule has 1 fully saturated rings. The molecule has 1 aromatic rings. The fourth-order valence-corrected chi connectivity index (χ4v) is 3.53. The lowest BCUT2D eigenvalue weighted by molar-refractivity contribution is 0.350. The lowest BCUT2D eigenvalue weighted by atomic mass is 10.2. The van der Waals surface area contributed by atoms with Gasteiger partial charge in [-0.15, -0.1) is 0 Å². The summed E-state index contributed by atoms with van der Waals surface area (Å²) in [5.74, 6) is 0.823. The molecule has 0 heterocycles. The molecule has 0 saturated heterocycles. The second-order valence-corrected chi connectivity index (χ2v) is 6.87. The third-order valence-electron chi connectivity index (χ3n) is 3.44. The molecular formula is C13H20N2O4S. The molecular weight excluding hydrogens is 280 g/mol. The number of hydrogen-bond acceptors (Lipinski definition) is 5. The van der Waals surface area contributed by atoms with E-state index >= 15 is 0 Å². The maximum absolute atomic E-state index is 12.4. The van der Waals surface area contributed by atoms with Gasteiger partial charge in [0.25, 0.3) is 0 Å². The first-order valence-electron chi connectivity index (χ1n) is 6.34. The van der Waals surface area contributed by atoms with E-state index < -0.39 is 10.0 Å². The third-order valence-corrected chi connectivity index (χ3v) is 5.06. The summed E-state index contributed by atoms with van der Waals surface area (Å²) >= 11 is 0. The Balaban J connectivity index is 2.46. The van der Waals surface area contributed by atoms with Gasteiger partial charge in [-0.3, -0.25) is 0 Å². The molecule has 2 rings (SSSR count). The molecule has 0 amide bonds. The van der Waals surface area contributed by atoms with Crippen molar-refractivity contribution >= 4 is 10.0 Å². The average molecular weight is 300 g/mol. The van der Waals surface area contributed by atoms with Gasteiger partial charge in [-0.1, -0.05) is 0 Å². The summed E-state index contributed by atoms with van der Waals surface area (Å²) in [6, 6.07) is 2.97. The highest BCUT2D eigenvalue weighted by atomic mass is 32.2. The molecule has 0 aliphatic heterocycles. The van der Waals surface area contributed by atoms with Crippen molar-refractivity contribution in [2.45, 2.75) is 36.7 Å². The Kier molecular flexibility index (Phi) is 3.95. The van der Waals surface area contributed by atoms with Crippen LogP contribution >= 0.6 is 0 Å². The standard InChI is InChI=1S/C13H20N2O4S/c1-13(4-5-13)15-20(16,17)10-6-9(8-14)12(19-3)11(7-10)18-2/h6-7,15H,4-5,8,14H2,1-3H3. The number of nitrogens with one attached hydrogen (secondary N) is 1. The van der Waals surface area contributed by atoms with Crippen LogP contribution in [0.1, 0.15) is 25.3 Å². The van der Waals surface area contributed by atoms with E-state index in [2.05, 4.69) is 4.72 Å². The molecule has 0 aromatic heterocycles. The fourth-order valence-electron chi connectivity index (χ4n) is 1.99. The second kappa shape index (κ2) is 5.23. The van der Waals surface area contributed by atoms with Crippen LogP contribution in [0, 0.1) is 0 Å². The van der Waals surface area contributed by atoms with Crippen LogP contribution in [0.4, 0.5) is 0 Å². The Morgan fingerprint density at radius 3 is 2.40 bits per heavy atom. The molecule has 112 valence electrons. The Bertz CT molecular complexity index is 584. The minimum atomic E-state index is -3.59. The van der Waals surface area contributed by atoms with E-state index in [1.165, 1.54) is 26.4 Å². The fraction of sp³-hybridized carbons (Fsp3) is 0.538. The van der Waals surface area contributed by atoms with Gasteiger partial charge in [-0.05, 0) is 25.8 Å². The Morgan fingerprint density at radius 1 is 1.30 bits per heavy atom. The molecule has 1 aliphatic carbocycles. The Hall–Kier alpha value is -1.31. The van der Waals surface area contributed by atoms with Crippen molar-refractivity contribution in [3.05, 3.63) is 17.7 Å². The summed E-state index contributed by atoms with van der Waals surface area (Å²) < 4.78 is 37.9. The van der Waals surface area contributed by atoms with Gasteiger partial charge in [0.05, 0.1) is 19.1 Å². The molecule has 0 unspecified atom stereocenters. The molecule has 1 aliphatic rings. The number of benzene rings is 1. The first-order chi connectivity index (χ1) is 9.35. The minimum Gasteiger partial charge on any atom is -0.493 e. The van der Waals surface area contributed by atoms with Crippen LogP contribution in [0.5, 0.6) is 11.5 Å². The third kappa shape index (κ3) is 2.89. The molecule has 7 heteroatoms. The van der Waals surface area contributed by atoms with Crippen molar-refractivity contribution in [1.82, 2.24) is 4.72 Å². The van der Waals surface area contributed by atoms with Crippen LogP contribution in [-0.4, -0.2) is 28.2 Å². The molecule has 0 spiro atoms. The summed E-state index contributed by atoms with van der Waals surface area (Å²) in [6.07, 6.45) is 1.70. The average Bonchev–Trinajstić information content (AvgIpc) is 3.13. The molecule has 0 bridgehead atoms. The SMILES string of the molecule is COc1cc(S(=O)(=O)NC2(C)CC2)cc(CN)c1OC. The van der Waals surface area contributed by atoms with E-state index in [4.69, 9.17) is 15.2 Å². The lowest BCUT2D eigenvalue weighted by Crippen LogP contribution is -2.34. The van der Waals surface area contributed by atoms with Gasteiger partial charge < -0.3 is 15.2 Å². The summed E-state index contributed by atoms with van der Waals surface area (Å²) in [7, 11) is -0.630. The van der Waals surface area contributed by atoms with Gasteiger partial charge in [0.15, 0.2) is 11.5 Å². The van der Waals surface area contributed by atoms with E-state index in [1.807, 2.05) is 6.92 Å². The normalized spacial score (nSPS) is 16.8. The lowest BCUT2D eigenvalue weighted by Gasteiger charge is -2.16. The first-order valence-corrected chi connectivity index (χ1v) is 7.82. The predicted molar refractivity (Wildman–Crippen MR) is 75.4 cm³/mol. The van der Waals surface area contributed by atoms with Crippen LogP contribution < -0.4 is 19.9 Å². The quantitative estimate of drug-likeness (QED) is 0.817. The molecule has 0 atom stereocenters. The second-order valence-electron chi connectivity index (χ2n) is 5.19. The number of methoxy groups -OCH3 is 2. The monoisotopic (exact) mass is 300 g/mol. The van der Waals surface area contributed by atoms with Gasteiger partial charge >= 0.3 is 0 Å². The van der Waals surface area contributed by atoms with Crippen molar-refractivity contribution in [1.29, 1.82) is 0 Å². The molecule has 6 nitrogen and oxygen atoms in total. The van der Waals surface area contributed by atoms with Crippen molar-refractivity contribution in [2.75, 3.05) is 14.2 Å². The summed E-state index contributed by atoms with van der Waals surface area (Å²) in [5.41, 5.74) is 5.92. The summed E-state index contributed by atoms with van der Waals surface area (Å²) in [4.78, 5) is 0.142. The first kappa shape index (κ1) is 15.1. The van der Waals surface area contributed by atoms with Gasteiger partial charge in [0.2, 0.25) is 10.0 Å². The molecule has 0 radical (unpaired) electrons. The highest BCUT2D eigenvalue weighted by Gasteiger charge is 2.41. The zero-order valence-corrected chi connectivity index (χ0v) is 12.7. The van der Waals surface area contributed by atoms with E-state index in [-0.39, 0.29) is 17.0 Å². The van der Waals surface area contributed by atoms with Crippen LogP contribution in [0.25, 0.3) is 0 Å². The largest absolute Gasteiger partial charge is 0.493 e. The maximum atomic E-state index is 12.4. The van der Waals surface area contributed by atoms with Crippen molar-refractivity contribution in [3.8, 4) is 11.5 Å². The van der Waals surface area contributed by atoms with Gasteiger partial charge in [-0.2, -0.15) is 0 Å². The van der Waals surface area contributed by atoms with Crippen molar-refractivity contribution in [3.63, 3.8) is 0 Å². The number of hydrogen-bond donors (Lipinski definition) is 2. The Morgan fingerprint density at radius 2 is 1.95 bits per heavy atom. The highest BCUT2D eigenvalue weighted by Crippen LogP contribution is 2.38. The van der Waals surface area contributed by atoms with Gasteiger partial charge in [-0.25, -0.2) is 13.1 Å². The van der Waals surface area contributed by atoms with Crippen molar-refractivity contribution in [2.24, 2.45) is 5.73 Å². The number of rotatable bonds is 6. The molecule has 1 aromatic carbocycles. The highest BCUT2D eigenvalue weighted by molar-refractivity contribution is 7.89. The van der Waals surface area contributed by atoms with Gasteiger partial charge in [0, 0.05) is 23.7 Å². The van der Waals surface area contributed by atoms with Crippen LogP contribution in [0.3, 0.4) is 0 Å². The van der Waals surface area contributed by atoms with E-state index in [0.717, 1.165) is 12.8 Å². The summed E-state index contributed by atoms with van der Waals surface area (Å²) in [5, 5.41) is 0. The van der Waals surface area contributed by atoms with Crippen molar-refractivity contribution < 1.29 is 17.9 Å². The smallest absolute Gasteiger partial charge is 0.241 e. The van der Waals surface area contributed by atoms with Crippen LogP contribution in [-0.2, 0) is 16.6 Å². The maximum Gasteiger partial charge on any atom is 0.241 e. The van der Waals surface area contributed by atoms with E-state index in [1.54, 1.807) is 0 Å². The van der Waals surface area contributed by atoms with Gasteiger partial charge in [0.1, 0.15) is 0 Å². The number of sulfonamides is 1. The molecule has 3 N–H and O–H groups in total. The predicted octanol–water partition coefficient (Wildman–Crippen LogP) is 0.993. The number of nitrogens with two attached hydrogens (primary N) is 1. The van der Waals surface area contributed by atoms with E-state index in [0.29, 0.717) is 17.1 Å². The van der Waals surface area contributed by atoms with E-state index in [9.17, 15) is 8.42 Å². The molecule has 20 heavy (non-hydrogen) atoms. The molecule has 1 saturated carbocycles. The van der Waals surface area contributed by atoms with Crippen LogP contribution in [0.2, 0.25) is 0 Å². The Labute approximate surface area is 119 Å². The summed E-state index contributed by atoms with van der Waals surface area (Å²) in [6.45, 7) is 2.05. The van der Waals surface area contributed by atoms with Crippen LogP contribution in [0.15, 0.2) is 17.0 Å². The topological polar surface area (TPSA) is 90.7 Å². The minimum absolute atomic E-state index is 0.142. The zero-order chi connectivity index (χ0) is 15.0.